The molecule has 2 saturated heterocycles. The number of hydrogen-bond acceptors (Lipinski definition) is 14. The molecule has 1 aromatic heterocycles. The highest BCUT2D eigenvalue weighted by molar-refractivity contribution is 5.93. The van der Waals surface area contributed by atoms with Gasteiger partial charge in [0.2, 0.25) is 6.29 Å². The third-order valence-corrected chi connectivity index (χ3v) is 13.4. The van der Waals surface area contributed by atoms with Crippen molar-refractivity contribution in [2.75, 3.05) is 6.61 Å². The Bertz CT molecular complexity index is 1650. The summed E-state index contributed by atoms with van der Waals surface area (Å²) in [4.78, 5) is 79.5. The van der Waals surface area contributed by atoms with Crippen molar-refractivity contribution in [3.8, 4) is 0 Å². The lowest BCUT2D eigenvalue weighted by atomic mass is 9.33. The molecule has 6 fully saturated rings. The van der Waals surface area contributed by atoms with E-state index in [1.807, 2.05) is 19.9 Å². The Hall–Kier alpha value is -3.78. The molecule has 14 heteroatoms. The number of carbonyl (C=O) groups is 6. The molecule has 1 spiro atoms. The number of epoxide rings is 1. The first-order valence-electron chi connectivity index (χ1n) is 17.1. The van der Waals surface area contributed by atoms with Crippen molar-refractivity contribution in [2.45, 2.75) is 123 Å². The number of Topliss-reactive ketones (excluding diaryl/α,β-unsaturated/α-hetero) is 1. The first-order valence-corrected chi connectivity index (χ1v) is 17.1. The number of carbonyl (C=O) groups excluding carboxylic acids is 6. The summed E-state index contributed by atoms with van der Waals surface area (Å²) in [5.74, 6) is -5.88. The number of furan rings is 1. The van der Waals surface area contributed by atoms with Crippen molar-refractivity contribution >= 4 is 35.6 Å². The van der Waals surface area contributed by atoms with E-state index in [9.17, 15) is 24.0 Å². The predicted molar refractivity (Wildman–Crippen MR) is 165 cm³/mol. The van der Waals surface area contributed by atoms with Crippen LogP contribution in [0.4, 0.5) is 0 Å². The van der Waals surface area contributed by atoms with Crippen molar-refractivity contribution < 1.29 is 66.3 Å². The highest BCUT2D eigenvalue weighted by Gasteiger charge is 2.93. The van der Waals surface area contributed by atoms with Gasteiger partial charge in [0.05, 0.1) is 36.1 Å². The van der Waals surface area contributed by atoms with E-state index in [1.165, 1.54) is 34.6 Å². The van der Waals surface area contributed by atoms with Crippen molar-refractivity contribution in [2.24, 2.45) is 33.5 Å². The maximum atomic E-state index is 15.7. The van der Waals surface area contributed by atoms with Crippen LogP contribution in [-0.2, 0) is 61.9 Å². The molecule has 0 radical (unpaired) electrons. The summed E-state index contributed by atoms with van der Waals surface area (Å²) in [6, 6.07) is 1.82. The van der Waals surface area contributed by atoms with Crippen LogP contribution in [0, 0.1) is 33.5 Å². The third-order valence-electron chi connectivity index (χ3n) is 13.4. The first-order chi connectivity index (χ1) is 23.4. The van der Waals surface area contributed by atoms with Gasteiger partial charge in [-0.25, -0.2) is 0 Å². The summed E-state index contributed by atoms with van der Waals surface area (Å²) >= 11 is 0. The number of ether oxygens (including phenoxy) is 7. The summed E-state index contributed by atoms with van der Waals surface area (Å²) < 4.78 is 48.7. The van der Waals surface area contributed by atoms with Crippen molar-refractivity contribution in [3.63, 3.8) is 0 Å². The van der Waals surface area contributed by atoms with Crippen LogP contribution < -0.4 is 0 Å². The van der Waals surface area contributed by atoms with Crippen molar-refractivity contribution in [1.82, 2.24) is 0 Å². The molecule has 0 amide bonds. The zero-order valence-corrected chi connectivity index (χ0v) is 29.5. The molecule has 50 heavy (non-hydrogen) atoms. The fraction of sp³-hybridized carbons (Fsp3) is 0.722. The number of rotatable bonds is 6. The van der Waals surface area contributed by atoms with E-state index in [0.29, 0.717) is 6.42 Å². The van der Waals surface area contributed by atoms with Crippen molar-refractivity contribution in [3.05, 3.63) is 24.2 Å². The van der Waals surface area contributed by atoms with Crippen LogP contribution in [0.2, 0.25) is 0 Å². The second-order valence-corrected chi connectivity index (χ2v) is 15.6. The monoisotopic (exact) mass is 700 g/mol. The lowest BCUT2D eigenvalue weighted by Crippen LogP contribution is -2.82. The van der Waals surface area contributed by atoms with Gasteiger partial charge in [-0.3, -0.25) is 28.8 Å². The minimum Gasteiger partial charge on any atom is -0.472 e. The zero-order valence-electron chi connectivity index (χ0n) is 29.5. The van der Waals surface area contributed by atoms with E-state index in [-0.39, 0.29) is 25.4 Å². The van der Waals surface area contributed by atoms with Gasteiger partial charge in [0, 0.05) is 63.7 Å². The van der Waals surface area contributed by atoms with Crippen LogP contribution >= 0.6 is 0 Å². The van der Waals surface area contributed by atoms with E-state index in [0.717, 1.165) is 5.56 Å². The molecule has 1 aromatic rings. The predicted octanol–water partition coefficient (Wildman–Crippen LogP) is 3.18. The highest BCUT2D eigenvalue weighted by atomic mass is 16.7. The van der Waals surface area contributed by atoms with Crippen LogP contribution in [0.25, 0.3) is 0 Å². The fourth-order valence-corrected chi connectivity index (χ4v) is 12.0. The van der Waals surface area contributed by atoms with Gasteiger partial charge in [0.15, 0.2) is 11.9 Å². The normalized spacial score (nSPS) is 46.6. The lowest BCUT2D eigenvalue weighted by molar-refractivity contribution is -0.374. The Labute approximate surface area is 289 Å². The van der Waals surface area contributed by atoms with Crippen LogP contribution in [0.1, 0.15) is 86.1 Å². The molecule has 4 saturated carbocycles. The van der Waals surface area contributed by atoms with Crippen LogP contribution in [0.5, 0.6) is 0 Å². The smallest absolute Gasteiger partial charge is 0.304 e. The number of fused-ring (bicyclic) bond motifs is 1. The largest absolute Gasteiger partial charge is 0.472 e. The van der Waals surface area contributed by atoms with Crippen LogP contribution in [0.3, 0.4) is 0 Å². The maximum absolute atomic E-state index is 15.7. The molecule has 4 aliphatic carbocycles. The Morgan fingerprint density at radius 1 is 0.740 bits per heavy atom. The summed E-state index contributed by atoms with van der Waals surface area (Å²) in [7, 11) is 0. The second kappa shape index (κ2) is 11.1. The van der Waals surface area contributed by atoms with Gasteiger partial charge in [-0.2, -0.15) is 0 Å². The summed E-state index contributed by atoms with van der Waals surface area (Å²) in [5, 5.41) is 0. The standard InChI is InChI=1S/C36H44O14/c1-16(37)45-24-13-26(47-18(3)39)35-15-44-31(49-20(5)41)32(24,6)23(35)12-25(46-17(2)38)34(8)29(35)28(42)30(48-19(4)40)33(7)22(21-9-10-43-14-21)11-27-36(33,34)50-27/h9-10,14,22-27,29-31H,11-13,15H2,1-8H3/t22-,23-,24+,25+,26-,27+,29-,30-,31?,32+,33+,34+,35+,36+/m0/s1. The quantitative estimate of drug-likeness (QED) is 0.240. The molecule has 2 bridgehead atoms. The first kappa shape index (κ1) is 34.7. The lowest BCUT2D eigenvalue weighted by Gasteiger charge is -2.73. The highest BCUT2D eigenvalue weighted by Crippen LogP contribution is 2.83. The molecule has 2 aliphatic heterocycles. The Morgan fingerprint density at radius 3 is 1.92 bits per heavy atom. The SMILES string of the molecule is CC(=O)OC1OC[C@]23[C@@H](OC(C)=O)C[C@@H](OC(C)=O)[C@@]1(C)[C@@H]2C[C@@H](OC(C)=O)[C@]1(C)[C@@H]3C(=O)[C@H](OC(C)=O)[C@@]2(C)[C@H](c3ccoc3)C[C@H]3O[C@@]312. The molecule has 0 aromatic carbocycles. The van der Waals surface area contributed by atoms with Gasteiger partial charge >= 0.3 is 29.8 Å². The van der Waals surface area contributed by atoms with Crippen molar-refractivity contribution in [1.29, 1.82) is 0 Å². The zero-order chi connectivity index (χ0) is 36.3. The Morgan fingerprint density at radius 2 is 1.34 bits per heavy atom. The molecule has 3 heterocycles. The average molecular weight is 701 g/mol. The van der Waals surface area contributed by atoms with E-state index in [2.05, 4.69) is 0 Å². The maximum Gasteiger partial charge on any atom is 0.304 e. The summed E-state index contributed by atoms with van der Waals surface area (Å²) in [5.41, 5.74) is -5.48. The molecule has 0 N–H and O–H groups in total. The molecular weight excluding hydrogens is 656 g/mol. The molecule has 14 nitrogen and oxygen atoms in total. The van der Waals surface area contributed by atoms with Gasteiger partial charge < -0.3 is 37.6 Å². The fourth-order valence-electron chi connectivity index (χ4n) is 12.0. The second-order valence-electron chi connectivity index (χ2n) is 15.6. The van der Waals surface area contributed by atoms with Gasteiger partial charge in [-0.15, -0.1) is 0 Å². The molecule has 6 aliphatic rings. The molecule has 1 unspecified atom stereocenters. The minimum atomic E-state index is -1.37. The van der Waals surface area contributed by atoms with E-state index in [4.69, 9.17) is 37.6 Å². The summed E-state index contributed by atoms with van der Waals surface area (Å²) in [6.07, 6.45) is -2.37. The third kappa shape index (κ3) is 4.20. The van der Waals surface area contributed by atoms with Gasteiger partial charge in [0.1, 0.15) is 23.9 Å². The summed E-state index contributed by atoms with van der Waals surface area (Å²) in [6.45, 7) is 11.6. The van der Waals surface area contributed by atoms with Crippen LogP contribution in [-0.4, -0.2) is 84.6 Å². The minimum absolute atomic E-state index is 0.0458. The van der Waals surface area contributed by atoms with E-state index in [1.54, 1.807) is 19.5 Å². The number of esters is 5. The molecule has 272 valence electrons. The van der Waals surface area contributed by atoms with Gasteiger partial charge in [-0.1, -0.05) is 13.8 Å². The van der Waals surface area contributed by atoms with E-state index < -0.39 is 112 Å². The van der Waals surface area contributed by atoms with Crippen LogP contribution in [0.15, 0.2) is 23.0 Å². The van der Waals surface area contributed by atoms with Gasteiger partial charge in [-0.05, 0) is 37.3 Å². The Balaban J connectivity index is 1.51. The van der Waals surface area contributed by atoms with E-state index >= 15 is 4.79 Å². The molecular formula is C36H44O14. The molecule has 14 atom stereocenters. The number of ketones is 1. The number of hydrogen-bond donors (Lipinski definition) is 0. The van der Waals surface area contributed by atoms with Gasteiger partial charge in [0.25, 0.3) is 0 Å². The molecule has 7 rings (SSSR count). The topological polar surface area (TPSA) is 183 Å². The Kier molecular flexibility index (Phi) is 7.70. The average Bonchev–Trinajstić information content (AvgIpc) is 3.36.